The van der Waals surface area contributed by atoms with Crippen molar-refractivity contribution < 1.29 is 9.90 Å². The number of hydrogen-bond donors (Lipinski definition) is 1. The summed E-state index contributed by atoms with van der Waals surface area (Å²) in [6.07, 6.45) is 2.68. The zero-order valence-electron chi connectivity index (χ0n) is 7.85. The van der Waals surface area contributed by atoms with E-state index in [1.54, 1.807) is 14.0 Å². The van der Waals surface area contributed by atoms with E-state index in [1.807, 2.05) is 6.07 Å². The first-order valence-electron chi connectivity index (χ1n) is 3.91. The molecular formula is C9H9N3O2. The highest BCUT2D eigenvalue weighted by Crippen LogP contribution is 2.14. The molecule has 5 nitrogen and oxygen atoms in total. The molecule has 1 N–H and O–H groups in total. The maximum absolute atomic E-state index is 10.8. The van der Waals surface area contributed by atoms with Crippen molar-refractivity contribution in [2.24, 2.45) is 7.05 Å². The van der Waals surface area contributed by atoms with Crippen LogP contribution in [-0.4, -0.2) is 20.9 Å². The number of hydrogen-bond acceptors (Lipinski definition) is 3. The van der Waals surface area contributed by atoms with Crippen LogP contribution < -0.4 is 0 Å². The molecule has 1 rings (SSSR count). The molecule has 14 heavy (non-hydrogen) atoms. The van der Waals surface area contributed by atoms with Gasteiger partial charge in [-0.15, -0.1) is 0 Å². The molecule has 0 saturated carbocycles. The maximum atomic E-state index is 10.8. The van der Waals surface area contributed by atoms with E-state index < -0.39 is 5.97 Å². The topological polar surface area (TPSA) is 78.9 Å². The van der Waals surface area contributed by atoms with Gasteiger partial charge in [0, 0.05) is 18.7 Å². The van der Waals surface area contributed by atoms with Gasteiger partial charge in [0.05, 0.1) is 11.8 Å². The Morgan fingerprint density at radius 3 is 2.86 bits per heavy atom. The molecule has 0 saturated heterocycles. The van der Waals surface area contributed by atoms with E-state index in [-0.39, 0.29) is 5.69 Å². The Balaban J connectivity index is 3.34. The number of nitriles is 1. The second-order valence-electron chi connectivity index (χ2n) is 2.74. The molecule has 1 aromatic heterocycles. The number of nitrogens with zero attached hydrogens (tertiary/aromatic N) is 3. The number of aromatic nitrogens is 2. The van der Waals surface area contributed by atoms with Crippen molar-refractivity contribution in [2.45, 2.75) is 6.92 Å². The number of aryl methyl sites for hydroxylation is 2. The summed E-state index contributed by atoms with van der Waals surface area (Å²) >= 11 is 0. The molecule has 5 heteroatoms. The molecule has 0 radical (unpaired) electrons. The normalized spacial score (nSPS) is 10.4. The van der Waals surface area contributed by atoms with Crippen LogP contribution in [0.5, 0.6) is 0 Å². The largest absolute Gasteiger partial charge is 0.477 e. The van der Waals surface area contributed by atoms with Crippen LogP contribution >= 0.6 is 0 Å². The summed E-state index contributed by atoms with van der Waals surface area (Å²) in [6.45, 7) is 1.70. The number of carboxylic acids is 1. The van der Waals surface area contributed by atoms with Crippen molar-refractivity contribution in [3.05, 3.63) is 23.0 Å². The maximum Gasteiger partial charge on any atom is 0.354 e. The van der Waals surface area contributed by atoms with E-state index in [0.29, 0.717) is 11.3 Å². The van der Waals surface area contributed by atoms with Gasteiger partial charge in [0.25, 0.3) is 0 Å². The fraction of sp³-hybridized carbons (Fsp3) is 0.222. The molecule has 1 heterocycles. The average Bonchev–Trinajstić information content (AvgIpc) is 2.37. The average molecular weight is 191 g/mol. The van der Waals surface area contributed by atoms with Gasteiger partial charge in [-0.1, -0.05) is 0 Å². The Labute approximate surface area is 80.9 Å². The van der Waals surface area contributed by atoms with E-state index in [1.165, 1.54) is 16.8 Å². The molecular weight excluding hydrogens is 182 g/mol. The second kappa shape index (κ2) is 3.75. The molecule has 0 unspecified atom stereocenters. The van der Waals surface area contributed by atoms with Crippen LogP contribution in [0.15, 0.2) is 6.08 Å². The highest BCUT2D eigenvalue weighted by atomic mass is 16.4. The van der Waals surface area contributed by atoms with Gasteiger partial charge in [-0.25, -0.2) is 4.79 Å². The van der Waals surface area contributed by atoms with Gasteiger partial charge in [-0.3, -0.25) is 4.68 Å². The lowest BCUT2D eigenvalue weighted by Crippen LogP contribution is -2.06. The van der Waals surface area contributed by atoms with E-state index in [4.69, 9.17) is 10.4 Å². The van der Waals surface area contributed by atoms with Gasteiger partial charge in [0.2, 0.25) is 0 Å². The summed E-state index contributed by atoms with van der Waals surface area (Å²) in [5.74, 6) is -1.05. The number of allylic oxidation sites excluding steroid dienone is 1. The van der Waals surface area contributed by atoms with Crippen molar-refractivity contribution in [2.75, 3.05) is 0 Å². The molecule has 0 aliphatic carbocycles. The Morgan fingerprint density at radius 2 is 2.36 bits per heavy atom. The first-order chi connectivity index (χ1) is 6.57. The fourth-order valence-corrected chi connectivity index (χ4v) is 1.25. The minimum absolute atomic E-state index is 0.0917. The van der Waals surface area contributed by atoms with E-state index in [2.05, 4.69) is 5.10 Å². The predicted molar refractivity (Wildman–Crippen MR) is 49.6 cm³/mol. The van der Waals surface area contributed by atoms with Crippen LogP contribution in [0.25, 0.3) is 6.08 Å². The van der Waals surface area contributed by atoms with Gasteiger partial charge < -0.3 is 5.11 Å². The molecule has 72 valence electrons. The Hall–Kier alpha value is -2.09. The lowest BCUT2D eigenvalue weighted by Gasteiger charge is -1.95. The minimum atomic E-state index is -1.05. The third-order valence-corrected chi connectivity index (χ3v) is 1.80. The van der Waals surface area contributed by atoms with Gasteiger partial charge >= 0.3 is 5.97 Å². The Morgan fingerprint density at radius 1 is 1.71 bits per heavy atom. The number of carboxylic acid groups (broad SMARTS) is 1. The van der Waals surface area contributed by atoms with Gasteiger partial charge in [0.1, 0.15) is 0 Å². The van der Waals surface area contributed by atoms with E-state index >= 15 is 0 Å². The Kier molecular flexibility index (Phi) is 2.67. The zero-order valence-corrected chi connectivity index (χ0v) is 7.85. The number of aromatic carboxylic acids is 1. The fourth-order valence-electron chi connectivity index (χ4n) is 1.25. The van der Waals surface area contributed by atoms with Crippen molar-refractivity contribution in [3.63, 3.8) is 0 Å². The third-order valence-electron chi connectivity index (χ3n) is 1.80. The van der Waals surface area contributed by atoms with Gasteiger partial charge in [-0.05, 0) is 13.0 Å². The van der Waals surface area contributed by atoms with Crippen molar-refractivity contribution >= 4 is 12.0 Å². The predicted octanol–water partition coefficient (Wildman–Crippen LogP) is 0.963. The molecule has 0 bridgehead atoms. The van der Waals surface area contributed by atoms with Gasteiger partial charge in [0.15, 0.2) is 5.69 Å². The summed E-state index contributed by atoms with van der Waals surface area (Å²) in [7, 11) is 1.56. The third kappa shape index (κ3) is 1.64. The summed E-state index contributed by atoms with van der Waals surface area (Å²) in [5, 5.41) is 21.2. The highest BCUT2D eigenvalue weighted by molar-refractivity contribution is 5.90. The van der Waals surface area contributed by atoms with E-state index in [0.717, 1.165) is 0 Å². The molecule has 0 spiro atoms. The lowest BCUT2D eigenvalue weighted by molar-refractivity contribution is 0.0685. The molecule has 0 atom stereocenters. The summed E-state index contributed by atoms with van der Waals surface area (Å²) in [6, 6.07) is 1.81. The number of carbonyl (C=O) groups is 1. The van der Waals surface area contributed by atoms with Crippen LogP contribution in [0.1, 0.15) is 21.7 Å². The minimum Gasteiger partial charge on any atom is -0.477 e. The molecule has 1 aromatic rings. The SMILES string of the molecule is Cc1nn(C)c(C(=O)O)c1C=CC#N. The van der Waals surface area contributed by atoms with Crippen molar-refractivity contribution in [3.8, 4) is 6.07 Å². The first kappa shape index (κ1) is 9.99. The standard InChI is InChI=1S/C9H9N3O2/c1-6-7(4-3-5-10)8(9(13)14)12(2)11-6/h3-4H,1-2H3,(H,13,14). The second-order valence-corrected chi connectivity index (χ2v) is 2.74. The van der Waals surface area contributed by atoms with Crippen molar-refractivity contribution in [1.82, 2.24) is 9.78 Å². The highest BCUT2D eigenvalue weighted by Gasteiger charge is 2.16. The lowest BCUT2D eigenvalue weighted by atomic mass is 10.2. The number of rotatable bonds is 2. The molecule has 0 aliphatic heterocycles. The van der Waals surface area contributed by atoms with Crippen LogP contribution in [-0.2, 0) is 7.05 Å². The summed E-state index contributed by atoms with van der Waals surface area (Å²) < 4.78 is 1.29. The Bertz CT molecular complexity index is 438. The van der Waals surface area contributed by atoms with Gasteiger partial charge in [-0.2, -0.15) is 10.4 Å². The molecule has 0 aromatic carbocycles. The summed E-state index contributed by atoms with van der Waals surface area (Å²) in [4.78, 5) is 10.8. The van der Waals surface area contributed by atoms with Crippen molar-refractivity contribution in [1.29, 1.82) is 5.26 Å². The molecule has 0 amide bonds. The van der Waals surface area contributed by atoms with E-state index in [9.17, 15) is 4.79 Å². The van der Waals surface area contributed by atoms with Crippen LogP contribution in [0, 0.1) is 18.3 Å². The quantitative estimate of drug-likeness (QED) is 0.706. The van der Waals surface area contributed by atoms with Crippen LogP contribution in [0.4, 0.5) is 0 Å². The van der Waals surface area contributed by atoms with Crippen LogP contribution in [0.2, 0.25) is 0 Å². The zero-order chi connectivity index (χ0) is 10.7. The molecule has 0 fully saturated rings. The summed E-state index contributed by atoms with van der Waals surface area (Å²) in [5.41, 5.74) is 1.16. The molecule has 0 aliphatic rings. The van der Waals surface area contributed by atoms with Crippen LogP contribution in [0.3, 0.4) is 0 Å². The monoisotopic (exact) mass is 191 g/mol. The first-order valence-corrected chi connectivity index (χ1v) is 3.91. The smallest absolute Gasteiger partial charge is 0.354 e.